The maximum Gasteiger partial charge on any atom is 0.234 e. The monoisotopic (exact) mass is 448 g/mol. The largest absolute Gasteiger partial charge is 0.325 e. The first-order valence-corrected chi connectivity index (χ1v) is 11.2. The van der Waals surface area contributed by atoms with Crippen molar-refractivity contribution in [3.8, 4) is 0 Å². The summed E-state index contributed by atoms with van der Waals surface area (Å²) in [5.41, 5.74) is 1.85. The maximum atomic E-state index is 12.4. The van der Waals surface area contributed by atoms with Crippen LogP contribution < -0.4 is 5.32 Å². The van der Waals surface area contributed by atoms with E-state index in [4.69, 9.17) is 11.6 Å². The fraction of sp³-hybridized carbons (Fsp3) is 0.125. The fourth-order valence-corrected chi connectivity index (χ4v) is 4.34. The van der Waals surface area contributed by atoms with E-state index in [0.29, 0.717) is 28.8 Å². The van der Waals surface area contributed by atoms with Gasteiger partial charge in [-0.2, -0.15) is 0 Å². The molecule has 0 radical (unpaired) electrons. The molecule has 5 nitrogen and oxygen atoms in total. The van der Waals surface area contributed by atoms with E-state index in [1.54, 1.807) is 24.3 Å². The Morgan fingerprint density at radius 2 is 1.90 bits per heavy atom. The number of hydrogen-bond acceptors (Lipinski definition) is 4. The van der Waals surface area contributed by atoms with Gasteiger partial charge < -0.3 is 9.88 Å². The molecule has 4 aromatic rings. The molecule has 1 N–H and O–H groups in total. The van der Waals surface area contributed by atoms with Gasteiger partial charge in [-0.15, -0.1) is 16.8 Å². The number of hydrogen-bond donors (Lipinski definition) is 1. The van der Waals surface area contributed by atoms with Crippen LogP contribution in [0.5, 0.6) is 0 Å². The lowest BCUT2D eigenvalue weighted by atomic mass is 10.0. The summed E-state index contributed by atoms with van der Waals surface area (Å²) in [7, 11) is 0. The Balaban J connectivity index is 1.49. The van der Waals surface area contributed by atoms with E-state index < -0.39 is 0 Å². The van der Waals surface area contributed by atoms with Crippen molar-refractivity contribution in [2.45, 2.75) is 18.1 Å². The Bertz CT molecular complexity index is 1230. The smallest absolute Gasteiger partial charge is 0.234 e. The molecule has 31 heavy (non-hydrogen) atoms. The zero-order valence-corrected chi connectivity index (χ0v) is 18.4. The van der Waals surface area contributed by atoms with E-state index in [1.165, 1.54) is 28.1 Å². The van der Waals surface area contributed by atoms with Crippen molar-refractivity contribution in [1.29, 1.82) is 0 Å². The molecule has 0 saturated carbocycles. The number of fused-ring (bicyclic) bond motifs is 1. The number of aromatic nitrogens is 3. The third-order valence-corrected chi connectivity index (χ3v) is 5.98. The summed E-state index contributed by atoms with van der Waals surface area (Å²) in [6.45, 7) is 4.43. The summed E-state index contributed by atoms with van der Waals surface area (Å²) in [4.78, 5) is 12.4. The van der Waals surface area contributed by atoms with Crippen LogP contribution in [0.4, 0.5) is 5.69 Å². The number of carbonyl (C=O) groups excluding carboxylic acids is 1. The molecule has 0 fully saturated rings. The number of halogens is 1. The van der Waals surface area contributed by atoms with Gasteiger partial charge in [-0.3, -0.25) is 4.79 Å². The van der Waals surface area contributed by atoms with Crippen molar-refractivity contribution in [2.75, 3.05) is 11.1 Å². The number of thioether (sulfide) groups is 1. The normalized spacial score (nSPS) is 10.9. The van der Waals surface area contributed by atoms with Gasteiger partial charge in [0, 0.05) is 23.7 Å². The average Bonchev–Trinajstić information content (AvgIpc) is 3.14. The number of rotatable bonds is 8. The van der Waals surface area contributed by atoms with Gasteiger partial charge in [0.25, 0.3) is 0 Å². The summed E-state index contributed by atoms with van der Waals surface area (Å²) in [5, 5.41) is 15.3. The van der Waals surface area contributed by atoms with Crippen molar-refractivity contribution in [3.05, 3.63) is 95.8 Å². The Morgan fingerprint density at radius 3 is 2.74 bits per heavy atom. The molecule has 0 aliphatic heterocycles. The molecule has 7 heteroatoms. The minimum Gasteiger partial charge on any atom is -0.325 e. The molecule has 156 valence electrons. The third kappa shape index (κ3) is 5.16. The van der Waals surface area contributed by atoms with E-state index in [9.17, 15) is 4.79 Å². The van der Waals surface area contributed by atoms with Crippen LogP contribution in [0.15, 0.2) is 84.5 Å². The SMILES string of the molecule is C=CCn1c(Cc2cccc3ccccc23)nnc1SCC(=O)Nc1cccc(Cl)c1. The molecule has 0 saturated heterocycles. The molecule has 3 aromatic carbocycles. The molecule has 1 amide bonds. The van der Waals surface area contributed by atoms with Gasteiger partial charge >= 0.3 is 0 Å². The van der Waals surface area contributed by atoms with E-state index in [1.807, 2.05) is 22.8 Å². The first kappa shape index (κ1) is 21.2. The average molecular weight is 449 g/mol. The highest BCUT2D eigenvalue weighted by Gasteiger charge is 2.15. The quantitative estimate of drug-likeness (QED) is 0.282. The van der Waals surface area contributed by atoms with Crippen LogP contribution in [0.2, 0.25) is 5.02 Å². The number of allylic oxidation sites excluding steroid dienone is 1. The molecule has 0 aliphatic rings. The molecular weight excluding hydrogens is 428 g/mol. The molecule has 1 aromatic heterocycles. The van der Waals surface area contributed by atoms with Crippen molar-refractivity contribution >= 4 is 45.7 Å². The van der Waals surface area contributed by atoms with Crippen LogP contribution in [-0.2, 0) is 17.8 Å². The lowest BCUT2D eigenvalue weighted by molar-refractivity contribution is -0.113. The summed E-state index contributed by atoms with van der Waals surface area (Å²) in [6, 6.07) is 21.7. The van der Waals surface area contributed by atoms with Gasteiger partial charge in [0.15, 0.2) is 5.16 Å². The number of amides is 1. The second-order valence-electron chi connectivity index (χ2n) is 6.96. The Labute approximate surface area is 190 Å². The molecular formula is C24H21ClN4OS. The minimum atomic E-state index is -0.129. The van der Waals surface area contributed by atoms with Gasteiger partial charge in [-0.05, 0) is 34.5 Å². The first-order chi connectivity index (χ1) is 15.1. The standard InChI is InChI=1S/C24H21ClN4OS/c1-2-13-29-22(14-18-9-5-8-17-7-3-4-12-21(17)18)27-28-24(29)31-16-23(30)26-20-11-6-10-19(25)15-20/h2-12,15H,1,13-14,16H2,(H,26,30). The molecule has 0 atom stereocenters. The van der Waals surface area contributed by atoms with Gasteiger partial charge in [0.1, 0.15) is 5.82 Å². The van der Waals surface area contributed by atoms with E-state index in [0.717, 1.165) is 5.82 Å². The number of anilines is 1. The van der Waals surface area contributed by atoms with Crippen molar-refractivity contribution in [3.63, 3.8) is 0 Å². The van der Waals surface area contributed by atoms with Crippen LogP contribution in [0.25, 0.3) is 10.8 Å². The predicted molar refractivity (Wildman–Crippen MR) is 128 cm³/mol. The van der Waals surface area contributed by atoms with Crippen LogP contribution >= 0.6 is 23.4 Å². The molecule has 0 unspecified atom stereocenters. The molecule has 4 rings (SSSR count). The zero-order valence-electron chi connectivity index (χ0n) is 16.8. The van der Waals surface area contributed by atoms with Crippen molar-refractivity contribution in [2.24, 2.45) is 0 Å². The van der Waals surface area contributed by atoms with Crippen molar-refractivity contribution in [1.82, 2.24) is 14.8 Å². The lowest BCUT2D eigenvalue weighted by Crippen LogP contribution is -2.14. The number of carbonyl (C=O) groups is 1. The number of nitrogens with zero attached hydrogens (tertiary/aromatic N) is 3. The highest BCUT2D eigenvalue weighted by atomic mass is 35.5. The van der Waals surface area contributed by atoms with E-state index >= 15 is 0 Å². The Morgan fingerprint density at radius 1 is 1.10 bits per heavy atom. The maximum absolute atomic E-state index is 12.4. The summed E-state index contributed by atoms with van der Waals surface area (Å²) in [6.07, 6.45) is 2.46. The summed E-state index contributed by atoms with van der Waals surface area (Å²) >= 11 is 7.33. The highest BCUT2D eigenvalue weighted by Crippen LogP contribution is 2.24. The van der Waals surface area contributed by atoms with Crippen LogP contribution in [0, 0.1) is 0 Å². The second-order valence-corrected chi connectivity index (χ2v) is 8.34. The van der Waals surface area contributed by atoms with Crippen LogP contribution in [0.3, 0.4) is 0 Å². The van der Waals surface area contributed by atoms with Crippen LogP contribution in [0.1, 0.15) is 11.4 Å². The Hall–Kier alpha value is -3.09. The van der Waals surface area contributed by atoms with Gasteiger partial charge in [-0.1, -0.05) is 78.0 Å². The van der Waals surface area contributed by atoms with E-state index in [-0.39, 0.29) is 11.7 Å². The Kier molecular flexibility index (Phi) is 6.70. The number of benzene rings is 3. The first-order valence-electron chi connectivity index (χ1n) is 9.82. The van der Waals surface area contributed by atoms with E-state index in [2.05, 4.69) is 52.4 Å². The van der Waals surface area contributed by atoms with Gasteiger partial charge in [-0.25, -0.2) is 0 Å². The fourth-order valence-electron chi connectivity index (χ4n) is 3.38. The zero-order chi connectivity index (χ0) is 21.6. The van der Waals surface area contributed by atoms with Crippen LogP contribution in [-0.4, -0.2) is 26.4 Å². The number of nitrogens with one attached hydrogen (secondary N) is 1. The second kappa shape index (κ2) is 9.81. The molecule has 0 spiro atoms. The third-order valence-electron chi connectivity index (χ3n) is 4.77. The van der Waals surface area contributed by atoms with Gasteiger partial charge in [0.2, 0.25) is 5.91 Å². The minimum absolute atomic E-state index is 0.129. The van der Waals surface area contributed by atoms with Gasteiger partial charge in [0.05, 0.1) is 5.75 Å². The predicted octanol–water partition coefficient (Wildman–Crippen LogP) is 5.59. The topological polar surface area (TPSA) is 59.8 Å². The highest BCUT2D eigenvalue weighted by molar-refractivity contribution is 7.99. The molecule has 0 bridgehead atoms. The summed E-state index contributed by atoms with van der Waals surface area (Å²) in [5.74, 6) is 0.931. The molecule has 1 heterocycles. The molecule has 0 aliphatic carbocycles. The van der Waals surface area contributed by atoms with Crippen molar-refractivity contribution < 1.29 is 4.79 Å². The lowest BCUT2D eigenvalue weighted by Gasteiger charge is -2.10. The summed E-state index contributed by atoms with van der Waals surface area (Å²) < 4.78 is 2.01.